The highest BCUT2D eigenvalue weighted by Gasteiger charge is 2.58. The molecule has 33 N–H and O–H groups in total. The van der Waals surface area contributed by atoms with Gasteiger partial charge in [0, 0.05) is 45.2 Å². The van der Waals surface area contributed by atoms with E-state index in [0.717, 1.165) is 0 Å². The number of thiol groups is 2. The minimum absolute atomic E-state index is 0. The summed E-state index contributed by atoms with van der Waals surface area (Å²) in [5, 5.41) is 311. The third-order valence-corrected chi connectivity index (χ3v) is 23.4. The molecular formula is C76H142N2O51S2. The molecule has 0 aromatic carbocycles. The Bertz CT molecular complexity index is 3000. The Morgan fingerprint density at radius 1 is 0.252 bits per heavy atom. The van der Waals surface area contributed by atoms with E-state index in [2.05, 4.69) is 35.9 Å². The molecule has 10 aliphatic heterocycles. The second-order valence-corrected chi connectivity index (χ2v) is 33.0. The number of carbonyl (C=O) groups is 2. The normalized spacial score (nSPS) is 46.6. The molecule has 0 radical (unpaired) electrons. The molecule has 10 fully saturated rings. The van der Waals surface area contributed by atoms with Gasteiger partial charge >= 0.3 is 0 Å². The van der Waals surface area contributed by atoms with E-state index in [1.54, 1.807) is 0 Å². The van der Waals surface area contributed by atoms with Gasteiger partial charge in [0.2, 0.25) is 11.8 Å². The van der Waals surface area contributed by atoms with Crippen molar-refractivity contribution in [2.75, 3.05) is 84.2 Å². The highest BCUT2D eigenvalue weighted by atomic mass is 32.1. The maximum atomic E-state index is 11.7. The topological polar surface area (TPSA) is 851 Å². The van der Waals surface area contributed by atoms with Crippen LogP contribution in [-0.2, 0) is 94.9 Å². The first-order valence-corrected chi connectivity index (χ1v) is 43.7. The summed E-state index contributed by atoms with van der Waals surface area (Å²) in [6.45, 7) is 7.21. The van der Waals surface area contributed by atoms with E-state index in [0.29, 0.717) is 19.3 Å². The van der Waals surface area contributed by atoms with E-state index in [1.807, 2.05) is 20.8 Å². The van der Waals surface area contributed by atoms with Crippen LogP contribution in [0.3, 0.4) is 0 Å². The SMILES string of the molecule is C.CC1OC(CO)[C@@H](O[C@@H]2OC(CS)[C@@H](O)[C@H](O)C2O)[C@H](O)C1O.CC1OC(CO)[C@@H](O[C@@H]2OC(CS)[C@H](O)[C@H](O)C2O)[C@H](O)C1O.CCCO[C@@H]1OC(CO)[C@@H](O[C@@H]2OC(CO)[C@@H](O)[C@H](O)C2NC(C)=O)[C@H](O)C1NC(C)=O.CCCO[C@@H]1OC(CO)[C@@H](O[C@@H]2OC(CO)[C@@H](O)[C@H](O)C2O)[C@H](O)C1O.CCCO[C@@H]1OC(CO)[C@@H](O[C@@H]2OC(CO)[C@H](O)[C@H](O)C2O)[C@H](O)C1O. The van der Waals surface area contributed by atoms with Crippen LogP contribution in [0.1, 0.15) is 75.2 Å². The third-order valence-electron chi connectivity index (χ3n) is 22.6. The maximum Gasteiger partial charge on any atom is 0.217 e. The molecular weight excluding hydrogens is 1820 g/mol. The van der Waals surface area contributed by atoms with Crippen LogP contribution in [0.4, 0.5) is 0 Å². The van der Waals surface area contributed by atoms with Crippen molar-refractivity contribution >= 4 is 37.1 Å². The molecule has 0 aliphatic carbocycles. The zero-order chi connectivity index (χ0) is 97.5. The van der Waals surface area contributed by atoms with Crippen LogP contribution in [0.25, 0.3) is 0 Å². The molecule has 0 aromatic heterocycles. The molecule has 10 heterocycles. The van der Waals surface area contributed by atoms with Crippen molar-refractivity contribution in [2.45, 2.75) is 382 Å². The number of aliphatic hydroxyl groups excluding tert-OH is 31. The maximum absolute atomic E-state index is 11.7. The van der Waals surface area contributed by atoms with Crippen molar-refractivity contribution in [3.05, 3.63) is 0 Å². The molecule has 50 atom stereocenters. The van der Waals surface area contributed by atoms with E-state index in [-0.39, 0.29) is 38.8 Å². The lowest BCUT2D eigenvalue weighted by atomic mass is 9.94. The molecule has 0 spiro atoms. The van der Waals surface area contributed by atoms with E-state index >= 15 is 0 Å². The van der Waals surface area contributed by atoms with Crippen LogP contribution in [0, 0.1) is 0 Å². The fourth-order valence-electron chi connectivity index (χ4n) is 15.1. The van der Waals surface area contributed by atoms with Gasteiger partial charge in [-0.1, -0.05) is 28.2 Å². The highest BCUT2D eigenvalue weighted by molar-refractivity contribution is 7.80. The molecule has 0 aromatic rings. The van der Waals surface area contributed by atoms with Crippen molar-refractivity contribution in [1.29, 1.82) is 0 Å². The summed E-state index contributed by atoms with van der Waals surface area (Å²) in [6.07, 6.45) is -61.7. The lowest BCUT2D eigenvalue weighted by molar-refractivity contribution is -0.359. The van der Waals surface area contributed by atoms with E-state index in [9.17, 15) is 168 Å². The standard InChI is InChI=1S/C19H34N2O11.2C15H28O11.2C13H24O9S.CH4/c1-4-5-29-18-13(21-9(3)25)16(28)17(11(7-23)31-18)32-19-12(20-8(2)24)15(27)14(26)10(6-22)30-19;2*1-2-3-23-14-12(22)10(20)13(7(5-17)25-14)26-15-11(21)9(19)8(18)6(4-16)24-15;2*1-4-7(15)10(18)12(5(2-14)20-4)22-13-11(19)9(17)8(16)6(3-23)21-13;/h10-19,22-23,26-28H,4-7H2,1-3H3,(H,20,24)(H,21,25);2*6-22H,2-5H2,1H3;2*4-19,23H,2-3H2,1H3;1H4/t10?,11?,12?,13?,14-,15-,16-,17-,18-,19+;6?,7?,8-,9+,10-,11?,12?,13-,14-,15+;6?,7?,8-,9-,10+,11?,12?,13+,14+,15-;4?,5?,6?,7?,8-,9+,10-,11?,12-,13+;4?,5?,6?,7?,8-,9-,10+,11?,12+,13-;/m11010./s1. The third kappa shape index (κ3) is 30.4. The Kier molecular flexibility index (Phi) is 51.8. The molecule has 10 rings (SSSR count). The van der Waals surface area contributed by atoms with Crippen LogP contribution < -0.4 is 10.6 Å². The van der Waals surface area contributed by atoms with Crippen LogP contribution in [-0.4, -0.2) is 561 Å². The van der Waals surface area contributed by atoms with Gasteiger partial charge in [0.25, 0.3) is 0 Å². The van der Waals surface area contributed by atoms with Gasteiger partial charge in [-0.05, 0) is 33.1 Å². The summed E-state index contributed by atoms with van der Waals surface area (Å²) in [4.78, 5) is 23.3. The van der Waals surface area contributed by atoms with Crippen molar-refractivity contribution in [3.8, 4) is 0 Å². The second-order valence-electron chi connectivity index (χ2n) is 32.3. The number of rotatable bonds is 31. The van der Waals surface area contributed by atoms with Crippen molar-refractivity contribution in [3.63, 3.8) is 0 Å². The zero-order valence-electron chi connectivity index (χ0n) is 72.1. The summed E-state index contributed by atoms with van der Waals surface area (Å²) in [6, 6.07) is -2.32. The molecule has 0 saturated carbocycles. The number of ether oxygens (including phenoxy) is 18. The van der Waals surface area contributed by atoms with Crippen molar-refractivity contribution < 1.29 is 253 Å². The Balaban J connectivity index is 0.000000291. The molecule has 131 heavy (non-hydrogen) atoms. The average molecular weight is 1960 g/mol. The number of amides is 2. The first-order chi connectivity index (χ1) is 61.5. The molecule has 10 aliphatic rings. The zero-order valence-corrected chi connectivity index (χ0v) is 73.9. The summed E-state index contributed by atoms with van der Waals surface area (Å²) >= 11 is 7.98. The predicted molar refractivity (Wildman–Crippen MR) is 436 cm³/mol. The number of aliphatic hydroxyl groups is 31. The molecule has 22 unspecified atom stereocenters. The average Bonchev–Trinajstić information content (AvgIpc) is 0.629. The Morgan fingerprint density at radius 2 is 0.458 bits per heavy atom. The largest absolute Gasteiger partial charge is 0.394 e. The number of carbonyl (C=O) groups excluding carboxylic acids is 2. The number of hydrogen-bond acceptors (Lipinski definition) is 53. The summed E-state index contributed by atoms with van der Waals surface area (Å²) < 4.78 is 97.6. The Hall–Kier alpha value is -2.32. The minimum Gasteiger partial charge on any atom is -0.394 e. The van der Waals surface area contributed by atoms with Gasteiger partial charge in [-0.2, -0.15) is 25.3 Å². The van der Waals surface area contributed by atoms with Crippen LogP contribution in [0.15, 0.2) is 0 Å². The summed E-state index contributed by atoms with van der Waals surface area (Å²) in [7, 11) is 0. The highest BCUT2D eigenvalue weighted by Crippen LogP contribution is 2.37. The van der Waals surface area contributed by atoms with Gasteiger partial charge < -0.3 is 254 Å². The first-order valence-electron chi connectivity index (χ1n) is 42.4. The van der Waals surface area contributed by atoms with Crippen molar-refractivity contribution in [2.24, 2.45) is 0 Å². The number of nitrogens with one attached hydrogen (secondary N) is 2. The molecule has 55 heteroatoms. The smallest absolute Gasteiger partial charge is 0.217 e. The minimum atomic E-state index is -1.69. The van der Waals surface area contributed by atoms with E-state index in [4.69, 9.17) is 85.3 Å². The van der Waals surface area contributed by atoms with Gasteiger partial charge in [-0.15, -0.1) is 0 Å². The molecule has 53 nitrogen and oxygen atoms in total. The number of hydrogen-bond donors (Lipinski definition) is 35. The molecule has 0 bridgehead atoms. The predicted octanol–water partition coefficient (Wildman–Crippen LogP) is -17.7. The van der Waals surface area contributed by atoms with E-state index < -0.39 is 371 Å². The lowest BCUT2D eigenvalue weighted by Gasteiger charge is -2.48. The molecule has 2 amide bonds. The van der Waals surface area contributed by atoms with Crippen LogP contribution in [0.2, 0.25) is 0 Å². The van der Waals surface area contributed by atoms with Crippen LogP contribution in [0.5, 0.6) is 0 Å². The first kappa shape index (κ1) is 119. The quantitative estimate of drug-likeness (QED) is 0.0287. The van der Waals surface area contributed by atoms with E-state index in [1.165, 1.54) is 27.7 Å². The fraction of sp³-hybridized carbons (Fsp3) is 0.974. The molecule has 774 valence electrons. The Labute approximate surface area is 763 Å². The van der Waals surface area contributed by atoms with Crippen LogP contribution >= 0.6 is 25.3 Å². The Morgan fingerprint density at radius 3 is 0.733 bits per heavy atom. The monoisotopic (exact) mass is 1960 g/mol. The van der Waals surface area contributed by atoms with Gasteiger partial charge in [0.05, 0.1) is 77.3 Å². The summed E-state index contributed by atoms with van der Waals surface area (Å²) in [5.74, 6) is -0.882. The lowest BCUT2D eigenvalue weighted by Crippen LogP contribution is -2.69. The van der Waals surface area contributed by atoms with Gasteiger partial charge in [0.15, 0.2) is 50.3 Å². The van der Waals surface area contributed by atoms with Gasteiger partial charge in [-0.3, -0.25) is 9.59 Å². The molecule has 10 saturated heterocycles. The summed E-state index contributed by atoms with van der Waals surface area (Å²) in [5.41, 5.74) is 0. The van der Waals surface area contributed by atoms with Crippen molar-refractivity contribution in [1.82, 2.24) is 10.6 Å². The fourth-order valence-corrected chi connectivity index (χ4v) is 15.8. The van der Waals surface area contributed by atoms with Gasteiger partial charge in [-0.25, -0.2) is 0 Å². The van der Waals surface area contributed by atoms with Gasteiger partial charge in [0.1, 0.15) is 232 Å². The second kappa shape index (κ2) is 57.0.